The molecule has 0 heterocycles. The SMILES string of the molecule is CCC1CCC(N)(Cc2cc(Cl)ccc2Cl)C1. The standard InChI is InChI=1S/C14H19Cl2N/c1-2-10-5-6-14(17,8-10)9-11-7-12(15)3-4-13(11)16/h3-4,7,10H,2,5-6,8-9,17H2,1H3. The third-order valence-electron chi connectivity index (χ3n) is 3.87. The Balaban J connectivity index is 2.13. The molecule has 0 amide bonds. The highest BCUT2D eigenvalue weighted by Gasteiger charge is 2.35. The molecule has 0 saturated heterocycles. The van der Waals surface area contributed by atoms with E-state index in [0.29, 0.717) is 0 Å². The molecule has 2 rings (SSSR count). The van der Waals surface area contributed by atoms with Crippen LogP contribution in [0.15, 0.2) is 18.2 Å². The van der Waals surface area contributed by atoms with Gasteiger partial charge in [0.1, 0.15) is 0 Å². The molecule has 1 fully saturated rings. The highest BCUT2D eigenvalue weighted by molar-refractivity contribution is 6.33. The number of benzene rings is 1. The van der Waals surface area contributed by atoms with E-state index in [4.69, 9.17) is 28.9 Å². The fraction of sp³-hybridized carbons (Fsp3) is 0.571. The van der Waals surface area contributed by atoms with Crippen LogP contribution in [-0.4, -0.2) is 5.54 Å². The van der Waals surface area contributed by atoms with Gasteiger partial charge in [-0.2, -0.15) is 0 Å². The van der Waals surface area contributed by atoms with E-state index in [1.54, 1.807) is 0 Å². The Labute approximate surface area is 113 Å². The molecule has 0 spiro atoms. The van der Waals surface area contributed by atoms with Crippen molar-refractivity contribution in [3.63, 3.8) is 0 Å². The van der Waals surface area contributed by atoms with Gasteiger partial charge in [0.2, 0.25) is 0 Å². The maximum atomic E-state index is 6.47. The van der Waals surface area contributed by atoms with Gasteiger partial charge in [-0.05, 0) is 55.4 Å². The summed E-state index contributed by atoms with van der Waals surface area (Å²) in [4.78, 5) is 0. The van der Waals surface area contributed by atoms with Crippen LogP contribution in [0.3, 0.4) is 0 Å². The first-order chi connectivity index (χ1) is 8.02. The highest BCUT2D eigenvalue weighted by atomic mass is 35.5. The third-order valence-corrected chi connectivity index (χ3v) is 4.48. The van der Waals surface area contributed by atoms with E-state index in [9.17, 15) is 0 Å². The van der Waals surface area contributed by atoms with Crippen molar-refractivity contribution < 1.29 is 0 Å². The van der Waals surface area contributed by atoms with Crippen molar-refractivity contribution in [3.05, 3.63) is 33.8 Å². The predicted octanol–water partition coefficient (Wildman–Crippen LogP) is 4.44. The number of halogens is 2. The summed E-state index contributed by atoms with van der Waals surface area (Å²) in [6.45, 7) is 2.24. The van der Waals surface area contributed by atoms with Crippen molar-refractivity contribution in [3.8, 4) is 0 Å². The Bertz CT molecular complexity index is 405. The summed E-state index contributed by atoms with van der Waals surface area (Å²) in [5, 5.41) is 1.51. The summed E-state index contributed by atoms with van der Waals surface area (Å²) in [5.74, 6) is 0.776. The van der Waals surface area contributed by atoms with Crippen LogP contribution in [0.4, 0.5) is 0 Å². The zero-order valence-corrected chi connectivity index (χ0v) is 11.7. The maximum absolute atomic E-state index is 6.47. The van der Waals surface area contributed by atoms with Crippen LogP contribution in [-0.2, 0) is 6.42 Å². The maximum Gasteiger partial charge on any atom is 0.0439 e. The average Bonchev–Trinajstić information content (AvgIpc) is 2.66. The van der Waals surface area contributed by atoms with Crippen LogP contribution < -0.4 is 5.73 Å². The number of rotatable bonds is 3. The van der Waals surface area contributed by atoms with Gasteiger partial charge in [-0.25, -0.2) is 0 Å². The topological polar surface area (TPSA) is 26.0 Å². The molecule has 1 aliphatic carbocycles. The summed E-state index contributed by atoms with van der Waals surface area (Å²) < 4.78 is 0. The minimum Gasteiger partial charge on any atom is -0.325 e. The molecule has 17 heavy (non-hydrogen) atoms. The summed E-state index contributed by atoms with van der Waals surface area (Å²) in [6, 6.07) is 5.62. The molecule has 0 aromatic heterocycles. The van der Waals surface area contributed by atoms with Crippen molar-refractivity contribution >= 4 is 23.2 Å². The Morgan fingerprint density at radius 3 is 2.82 bits per heavy atom. The second-order valence-corrected chi connectivity index (χ2v) is 6.14. The van der Waals surface area contributed by atoms with E-state index in [1.807, 2.05) is 18.2 Å². The summed E-state index contributed by atoms with van der Waals surface area (Å²) in [7, 11) is 0. The van der Waals surface area contributed by atoms with Crippen LogP contribution in [0.5, 0.6) is 0 Å². The van der Waals surface area contributed by atoms with Crippen molar-refractivity contribution in [2.45, 2.75) is 44.6 Å². The zero-order valence-electron chi connectivity index (χ0n) is 10.2. The first kappa shape index (κ1) is 13.2. The highest BCUT2D eigenvalue weighted by Crippen LogP contribution is 2.38. The van der Waals surface area contributed by atoms with Crippen LogP contribution >= 0.6 is 23.2 Å². The van der Waals surface area contributed by atoms with Gasteiger partial charge in [0.15, 0.2) is 0 Å². The normalized spacial score (nSPS) is 28.6. The van der Waals surface area contributed by atoms with Gasteiger partial charge in [0, 0.05) is 15.6 Å². The molecule has 0 radical (unpaired) electrons. The summed E-state index contributed by atoms with van der Waals surface area (Å²) in [6.07, 6.45) is 5.50. The van der Waals surface area contributed by atoms with E-state index in [1.165, 1.54) is 12.8 Å². The molecule has 3 heteroatoms. The molecule has 1 nitrogen and oxygen atoms in total. The smallest absolute Gasteiger partial charge is 0.0439 e. The Kier molecular flexibility index (Phi) is 4.02. The molecule has 0 bridgehead atoms. The number of hydrogen-bond acceptors (Lipinski definition) is 1. The van der Waals surface area contributed by atoms with Gasteiger partial charge in [0.05, 0.1) is 0 Å². The van der Waals surface area contributed by atoms with Crippen molar-refractivity contribution in [2.75, 3.05) is 0 Å². The van der Waals surface area contributed by atoms with E-state index in [-0.39, 0.29) is 5.54 Å². The lowest BCUT2D eigenvalue weighted by molar-refractivity contribution is 0.407. The predicted molar refractivity (Wildman–Crippen MR) is 74.7 cm³/mol. The lowest BCUT2D eigenvalue weighted by atomic mass is 9.89. The minimum atomic E-state index is -0.0883. The Morgan fingerprint density at radius 2 is 2.18 bits per heavy atom. The molecule has 2 atom stereocenters. The Hall–Kier alpha value is -0.240. The quantitative estimate of drug-likeness (QED) is 0.864. The second-order valence-electron chi connectivity index (χ2n) is 5.29. The number of nitrogens with two attached hydrogens (primary N) is 1. The molecule has 0 aliphatic heterocycles. The van der Waals surface area contributed by atoms with E-state index < -0.39 is 0 Å². The molecule has 94 valence electrons. The van der Waals surface area contributed by atoms with Crippen LogP contribution in [0.1, 0.15) is 38.2 Å². The fourth-order valence-electron chi connectivity index (χ4n) is 2.84. The molecule has 1 aliphatic rings. The molecule has 2 N–H and O–H groups in total. The Morgan fingerprint density at radius 1 is 1.41 bits per heavy atom. The lowest BCUT2D eigenvalue weighted by Crippen LogP contribution is -2.39. The first-order valence-corrected chi connectivity index (χ1v) is 7.01. The van der Waals surface area contributed by atoms with Gasteiger partial charge in [-0.15, -0.1) is 0 Å². The molecule has 1 saturated carbocycles. The summed E-state index contributed by atoms with van der Waals surface area (Å²) in [5.41, 5.74) is 7.47. The molecule has 1 aromatic rings. The van der Waals surface area contributed by atoms with E-state index >= 15 is 0 Å². The lowest BCUT2D eigenvalue weighted by Gasteiger charge is -2.25. The second kappa shape index (κ2) is 5.17. The van der Waals surface area contributed by atoms with Gasteiger partial charge in [-0.1, -0.05) is 36.5 Å². The largest absolute Gasteiger partial charge is 0.325 e. The van der Waals surface area contributed by atoms with Gasteiger partial charge >= 0.3 is 0 Å². The van der Waals surface area contributed by atoms with Crippen molar-refractivity contribution in [1.29, 1.82) is 0 Å². The van der Waals surface area contributed by atoms with Crippen molar-refractivity contribution in [1.82, 2.24) is 0 Å². The van der Waals surface area contributed by atoms with Crippen molar-refractivity contribution in [2.24, 2.45) is 11.7 Å². The number of hydrogen-bond donors (Lipinski definition) is 1. The van der Waals surface area contributed by atoms with Crippen LogP contribution in [0.2, 0.25) is 10.0 Å². The van der Waals surface area contributed by atoms with E-state index in [2.05, 4.69) is 6.92 Å². The minimum absolute atomic E-state index is 0.0883. The fourth-order valence-corrected chi connectivity index (χ4v) is 3.22. The van der Waals surface area contributed by atoms with Crippen LogP contribution in [0, 0.1) is 5.92 Å². The zero-order chi connectivity index (χ0) is 12.5. The first-order valence-electron chi connectivity index (χ1n) is 6.25. The average molecular weight is 272 g/mol. The third kappa shape index (κ3) is 3.15. The molecular weight excluding hydrogens is 253 g/mol. The molecule has 1 aromatic carbocycles. The van der Waals surface area contributed by atoms with Gasteiger partial charge in [0.25, 0.3) is 0 Å². The molecular formula is C14H19Cl2N. The van der Waals surface area contributed by atoms with Crippen LogP contribution in [0.25, 0.3) is 0 Å². The van der Waals surface area contributed by atoms with E-state index in [0.717, 1.165) is 40.8 Å². The van der Waals surface area contributed by atoms with Gasteiger partial charge < -0.3 is 5.73 Å². The van der Waals surface area contributed by atoms with Gasteiger partial charge in [-0.3, -0.25) is 0 Å². The monoisotopic (exact) mass is 271 g/mol. The molecule has 2 unspecified atom stereocenters. The summed E-state index contributed by atoms with van der Waals surface area (Å²) >= 11 is 12.2.